The number of benzene rings is 1. The predicted octanol–water partition coefficient (Wildman–Crippen LogP) is 4.93. The van der Waals surface area contributed by atoms with E-state index in [1.54, 1.807) is 6.26 Å². The van der Waals surface area contributed by atoms with E-state index in [9.17, 15) is 4.79 Å². The van der Waals surface area contributed by atoms with Crippen molar-refractivity contribution in [3.63, 3.8) is 0 Å². The summed E-state index contributed by atoms with van der Waals surface area (Å²) in [5, 5.41) is 12.9. The molecule has 7 heteroatoms. The number of aromatic nitrogens is 3. The zero-order valence-electron chi connectivity index (χ0n) is 18.7. The molecule has 2 saturated carbocycles. The average Bonchev–Trinajstić information content (AvgIpc) is 3.58. The highest BCUT2D eigenvalue weighted by atomic mass is 32.2. The molecule has 5 rings (SSSR count). The molecule has 2 fully saturated rings. The van der Waals surface area contributed by atoms with Crippen LogP contribution in [0, 0.1) is 24.7 Å². The molecule has 4 atom stereocenters. The number of aryl methyl sites for hydroxylation is 1. The van der Waals surface area contributed by atoms with Gasteiger partial charge in [0.15, 0.2) is 11.0 Å². The second kappa shape index (κ2) is 9.14. The van der Waals surface area contributed by atoms with Crippen molar-refractivity contribution in [2.24, 2.45) is 17.8 Å². The third-order valence-electron chi connectivity index (χ3n) is 7.16. The van der Waals surface area contributed by atoms with Crippen LogP contribution >= 0.6 is 11.8 Å². The summed E-state index contributed by atoms with van der Waals surface area (Å²) in [4.78, 5) is 12.7. The van der Waals surface area contributed by atoms with E-state index in [4.69, 9.17) is 4.42 Å². The van der Waals surface area contributed by atoms with Crippen LogP contribution < -0.4 is 5.32 Å². The monoisotopic (exact) mass is 450 g/mol. The van der Waals surface area contributed by atoms with Crippen LogP contribution in [0.5, 0.6) is 0 Å². The molecule has 2 aromatic heterocycles. The van der Waals surface area contributed by atoms with Gasteiger partial charge in [0, 0.05) is 6.04 Å². The zero-order valence-corrected chi connectivity index (χ0v) is 19.5. The summed E-state index contributed by atoms with van der Waals surface area (Å²) < 4.78 is 7.57. The Hall–Kier alpha value is -2.54. The summed E-state index contributed by atoms with van der Waals surface area (Å²) in [6.45, 7) is 4.74. The number of hydrogen-bond donors (Lipinski definition) is 1. The van der Waals surface area contributed by atoms with E-state index < -0.39 is 0 Å². The van der Waals surface area contributed by atoms with Gasteiger partial charge in [0.05, 0.1) is 24.1 Å². The Labute approximate surface area is 193 Å². The minimum atomic E-state index is 0.0700. The van der Waals surface area contributed by atoms with Crippen molar-refractivity contribution in [2.75, 3.05) is 5.75 Å². The molecule has 1 amide bonds. The van der Waals surface area contributed by atoms with E-state index >= 15 is 0 Å². The Morgan fingerprint density at radius 2 is 2.06 bits per heavy atom. The van der Waals surface area contributed by atoms with Crippen molar-refractivity contribution < 1.29 is 9.21 Å². The van der Waals surface area contributed by atoms with E-state index in [2.05, 4.69) is 39.1 Å². The van der Waals surface area contributed by atoms with Gasteiger partial charge in [-0.2, -0.15) is 0 Å². The fourth-order valence-electron chi connectivity index (χ4n) is 5.56. The Balaban J connectivity index is 1.28. The van der Waals surface area contributed by atoms with Gasteiger partial charge >= 0.3 is 0 Å². The number of carbonyl (C=O) groups excluding carboxylic acids is 1. The minimum absolute atomic E-state index is 0.0700. The quantitative estimate of drug-likeness (QED) is 0.493. The molecule has 1 N–H and O–H groups in total. The molecule has 0 radical (unpaired) electrons. The van der Waals surface area contributed by atoms with Crippen molar-refractivity contribution in [3.8, 4) is 11.4 Å². The van der Waals surface area contributed by atoms with Gasteiger partial charge in [-0.1, -0.05) is 48.5 Å². The SMILES string of the molecule is Cc1occc1-c1nnc(SCC(=O)NC(C)C2CC3CCC2C3)n1Cc1ccccc1. The lowest BCUT2D eigenvalue weighted by molar-refractivity contribution is -0.119. The molecule has 168 valence electrons. The average molecular weight is 451 g/mol. The topological polar surface area (TPSA) is 72.9 Å². The van der Waals surface area contributed by atoms with Crippen LogP contribution in [-0.2, 0) is 11.3 Å². The highest BCUT2D eigenvalue weighted by Gasteiger charge is 2.42. The second-order valence-corrected chi connectivity index (χ2v) is 10.2. The van der Waals surface area contributed by atoms with Crippen LogP contribution in [0.1, 0.15) is 43.9 Å². The number of rotatable bonds is 8. The molecule has 2 aliphatic carbocycles. The summed E-state index contributed by atoms with van der Waals surface area (Å²) in [5.41, 5.74) is 2.08. The Bertz CT molecular complexity index is 1080. The van der Waals surface area contributed by atoms with E-state index in [-0.39, 0.29) is 11.9 Å². The molecule has 6 nitrogen and oxygen atoms in total. The molecule has 0 aliphatic heterocycles. The number of hydrogen-bond acceptors (Lipinski definition) is 5. The van der Waals surface area contributed by atoms with Crippen LogP contribution in [0.3, 0.4) is 0 Å². The Kier molecular flexibility index (Phi) is 6.09. The van der Waals surface area contributed by atoms with Gasteiger partial charge in [0.1, 0.15) is 5.76 Å². The highest BCUT2D eigenvalue weighted by Crippen LogP contribution is 2.49. The highest BCUT2D eigenvalue weighted by molar-refractivity contribution is 7.99. The van der Waals surface area contributed by atoms with Crippen molar-refractivity contribution in [2.45, 2.75) is 57.3 Å². The number of amides is 1. The fraction of sp³-hybridized carbons (Fsp3) is 0.480. The van der Waals surface area contributed by atoms with Gasteiger partial charge < -0.3 is 9.73 Å². The molecular formula is C25H30N4O2S. The number of thioether (sulfide) groups is 1. The van der Waals surface area contributed by atoms with Crippen LogP contribution in [0.15, 0.2) is 52.2 Å². The zero-order chi connectivity index (χ0) is 22.1. The normalized spacial score (nSPS) is 22.9. The molecule has 3 aromatic rings. The molecule has 32 heavy (non-hydrogen) atoms. The summed E-state index contributed by atoms with van der Waals surface area (Å²) in [6, 6.07) is 12.4. The largest absolute Gasteiger partial charge is 0.469 e. The maximum Gasteiger partial charge on any atom is 0.230 e. The first kappa shape index (κ1) is 21.3. The maximum atomic E-state index is 12.7. The third-order valence-corrected chi connectivity index (χ3v) is 8.12. The summed E-state index contributed by atoms with van der Waals surface area (Å²) >= 11 is 1.44. The molecule has 1 aromatic carbocycles. The van der Waals surface area contributed by atoms with E-state index in [1.807, 2.05) is 31.2 Å². The van der Waals surface area contributed by atoms with Gasteiger partial charge in [-0.15, -0.1) is 10.2 Å². The number of carbonyl (C=O) groups is 1. The van der Waals surface area contributed by atoms with Gasteiger partial charge in [0.25, 0.3) is 0 Å². The van der Waals surface area contributed by atoms with Crippen molar-refractivity contribution >= 4 is 17.7 Å². The number of nitrogens with one attached hydrogen (secondary N) is 1. The molecular weight excluding hydrogens is 420 g/mol. The van der Waals surface area contributed by atoms with Crippen LogP contribution in [0.25, 0.3) is 11.4 Å². The standard InChI is InChI=1S/C25H30N4O2S/c1-16(22-13-19-8-9-20(22)12-19)26-23(30)15-32-25-28-27-24(21-10-11-31-17(21)2)29(25)14-18-6-4-3-5-7-18/h3-7,10-11,16,19-20,22H,8-9,12-15H2,1-2H3,(H,26,30). The van der Waals surface area contributed by atoms with Gasteiger partial charge in [-0.3, -0.25) is 9.36 Å². The lowest BCUT2D eigenvalue weighted by atomic mass is 9.84. The van der Waals surface area contributed by atoms with Gasteiger partial charge in [0.2, 0.25) is 5.91 Å². The van der Waals surface area contributed by atoms with Gasteiger partial charge in [-0.05, 0) is 62.5 Å². The minimum Gasteiger partial charge on any atom is -0.469 e. The summed E-state index contributed by atoms with van der Waals surface area (Å²) in [6.07, 6.45) is 7.02. The maximum absolute atomic E-state index is 12.7. The Morgan fingerprint density at radius 3 is 2.75 bits per heavy atom. The lowest BCUT2D eigenvalue weighted by Gasteiger charge is -2.28. The first-order valence-corrected chi connectivity index (χ1v) is 12.5. The van der Waals surface area contributed by atoms with Crippen LogP contribution in [0.4, 0.5) is 0 Å². The van der Waals surface area contributed by atoms with Crippen LogP contribution in [-0.4, -0.2) is 32.5 Å². The number of fused-ring (bicyclic) bond motifs is 2. The molecule has 2 aliphatic rings. The van der Waals surface area contributed by atoms with Crippen molar-refractivity contribution in [1.82, 2.24) is 20.1 Å². The van der Waals surface area contributed by atoms with E-state index in [0.717, 1.165) is 39.7 Å². The molecule has 0 spiro atoms. The summed E-state index contributed by atoms with van der Waals surface area (Å²) in [7, 11) is 0. The molecule has 0 saturated heterocycles. The number of furan rings is 1. The Morgan fingerprint density at radius 1 is 1.22 bits per heavy atom. The van der Waals surface area contributed by atoms with E-state index in [0.29, 0.717) is 18.2 Å². The molecule has 2 heterocycles. The fourth-order valence-corrected chi connectivity index (χ4v) is 6.31. The molecule has 2 bridgehead atoms. The van der Waals surface area contributed by atoms with E-state index in [1.165, 1.54) is 37.4 Å². The van der Waals surface area contributed by atoms with Crippen molar-refractivity contribution in [3.05, 3.63) is 54.0 Å². The van der Waals surface area contributed by atoms with Crippen LogP contribution in [0.2, 0.25) is 0 Å². The van der Waals surface area contributed by atoms with Crippen molar-refractivity contribution in [1.29, 1.82) is 0 Å². The smallest absolute Gasteiger partial charge is 0.230 e. The van der Waals surface area contributed by atoms with Gasteiger partial charge in [-0.25, -0.2) is 0 Å². The predicted molar refractivity (Wildman–Crippen MR) is 125 cm³/mol. The third kappa shape index (κ3) is 4.35. The molecule has 4 unspecified atom stereocenters. The first-order chi connectivity index (χ1) is 15.6. The first-order valence-electron chi connectivity index (χ1n) is 11.5. The lowest BCUT2D eigenvalue weighted by Crippen LogP contribution is -2.40. The second-order valence-electron chi connectivity index (χ2n) is 9.25. The number of nitrogens with zero attached hydrogens (tertiary/aromatic N) is 3. The summed E-state index contributed by atoms with van der Waals surface area (Å²) in [5.74, 6) is 4.31.